The summed E-state index contributed by atoms with van der Waals surface area (Å²) in [5, 5.41) is 3.39. The van der Waals surface area contributed by atoms with Gasteiger partial charge in [-0.05, 0) is 61.8 Å². The number of aryl methyl sites for hydroxylation is 1. The molecule has 8 heteroatoms. The molecule has 0 aliphatic heterocycles. The summed E-state index contributed by atoms with van der Waals surface area (Å²) in [5.41, 5.74) is 9.90. The number of Topliss-reactive ketones (excluding diaryl/α,β-unsaturated/α-hetero) is 1. The second-order valence-corrected chi connectivity index (χ2v) is 11.2. The van der Waals surface area contributed by atoms with Crippen LogP contribution in [0, 0.1) is 5.92 Å². The summed E-state index contributed by atoms with van der Waals surface area (Å²) < 4.78 is 28.5. The number of nitrogens with two attached hydrogens (primary N) is 1. The maximum absolute atomic E-state index is 13.9. The Morgan fingerprint density at radius 1 is 1.23 bits per heavy atom. The molecular formula is C27H35N3O4S. The molecule has 188 valence electrons. The third-order valence-corrected chi connectivity index (χ3v) is 6.92. The van der Waals surface area contributed by atoms with Crippen LogP contribution in [-0.2, 0) is 21.1 Å². The summed E-state index contributed by atoms with van der Waals surface area (Å²) in [4.78, 5) is 18.2. The van der Waals surface area contributed by atoms with Crippen molar-refractivity contribution in [2.45, 2.75) is 38.6 Å². The van der Waals surface area contributed by atoms with E-state index >= 15 is 0 Å². The van der Waals surface area contributed by atoms with Crippen LogP contribution in [0.5, 0.6) is 5.75 Å². The lowest BCUT2D eigenvalue weighted by molar-refractivity contribution is -0.115. The molecule has 0 aromatic heterocycles. The molecule has 2 aromatic carbocycles. The van der Waals surface area contributed by atoms with Gasteiger partial charge in [0.05, 0.1) is 18.4 Å². The molecule has 0 amide bonds. The molecule has 3 N–H and O–H groups in total. The van der Waals surface area contributed by atoms with Gasteiger partial charge in [-0.2, -0.15) is 0 Å². The fraction of sp³-hybridized carbons (Fsp3) is 0.407. The average Bonchev–Trinajstić information content (AvgIpc) is 3.67. The molecule has 1 fully saturated rings. The number of ketones is 1. The Balaban J connectivity index is 1.95. The highest BCUT2D eigenvalue weighted by molar-refractivity contribution is 7.90. The van der Waals surface area contributed by atoms with Gasteiger partial charge < -0.3 is 15.8 Å². The quantitative estimate of drug-likeness (QED) is 0.318. The molecule has 0 spiro atoms. The minimum atomic E-state index is -3.03. The van der Waals surface area contributed by atoms with Crippen LogP contribution in [0.15, 0.2) is 64.8 Å². The number of sulfone groups is 1. The number of anilines is 1. The van der Waals surface area contributed by atoms with Crippen molar-refractivity contribution in [1.29, 1.82) is 0 Å². The number of allylic oxidation sites excluding steroid dienone is 1. The highest BCUT2D eigenvalue weighted by Crippen LogP contribution is 2.36. The van der Waals surface area contributed by atoms with E-state index < -0.39 is 15.9 Å². The highest BCUT2D eigenvalue weighted by atomic mass is 32.2. The third-order valence-electron chi connectivity index (χ3n) is 5.89. The Bertz CT molecular complexity index is 1190. The van der Waals surface area contributed by atoms with E-state index in [1.165, 1.54) is 6.26 Å². The van der Waals surface area contributed by atoms with E-state index in [2.05, 4.69) is 10.3 Å². The van der Waals surface area contributed by atoms with E-state index in [1.807, 2.05) is 55.5 Å². The van der Waals surface area contributed by atoms with Crippen molar-refractivity contribution in [3.05, 3.63) is 70.9 Å². The largest absolute Gasteiger partial charge is 0.497 e. The predicted octanol–water partition coefficient (Wildman–Crippen LogP) is 4.11. The minimum absolute atomic E-state index is 0.115. The van der Waals surface area contributed by atoms with Crippen molar-refractivity contribution in [3.63, 3.8) is 0 Å². The number of methoxy groups -OCH3 is 1. The number of benzene rings is 2. The SMILES string of the molecule is CCN=CC(C(=O)C(Nc1cc(CCCS(C)(=O)=O)cc(OC)c1)c1ccccc1)=C(N)C1CC1. The molecule has 1 unspecified atom stereocenters. The maximum atomic E-state index is 13.9. The van der Waals surface area contributed by atoms with Crippen molar-refractivity contribution in [3.8, 4) is 5.75 Å². The van der Waals surface area contributed by atoms with Gasteiger partial charge in [0.1, 0.15) is 21.6 Å². The molecule has 2 aromatic rings. The zero-order valence-corrected chi connectivity index (χ0v) is 21.5. The van der Waals surface area contributed by atoms with E-state index in [4.69, 9.17) is 10.5 Å². The van der Waals surface area contributed by atoms with Gasteiger partial charge in [-0.15, -0.1) is 0 Å². The van der Waals surface area contributed by atoms with Gasteiger partial charge in [-0.1, -0.05) is 30.3 Å². The van der Waals surface area contributed by atoms with E-state index in [9.17, 15) is 13.2 Å². The Morgan fingerprint density at radius 2 is 1.94 bits per heavy atom. The van der Waals surface area contributed by atoms with Crippen LogP contribution < -0.4 is 15.8 Å². The number of carbonyl (C=O) groups excluding carboxylic acids is 1. The molecule has 0 radical (unpaired) electrons. The van der Waals surface area contributed by atoms with Gasteiger partial charge >= 0.3 is 0 Å². The first kappa shape index (κ1) is 26.5. The number of aliphatic imine (C=N–C) groups is 1. The van der Waals surface area contributed by atoms with Crippen molar-refractivity contribution in [2.75, 3.05) is 31.0 Å². The summed E-state index contributed by atoms with van der Waals surface area (Å²) in [6, 6.07) is 14.5. The standard InChI is InChI=1S/C27H35N3O4S/c1-4-29-18-24(25(28)20-12-13-20)27(31)26(21-10-6-5-7-11-21)30-22-15-19(16-23(17-22)34-2)9-8-14-35(3,32)33/h5-7,10-11,15-18,20,26,30H,4,8-9,12-14,28H2,1-3H3. The Labute approximate surface area is 208 Å². The van der Waals surface area contributed by atoms with Gasteiger partial charge in [-0.25, -0.2) is 8.42 Å². The second-order valence-electron chi connectivity index (χ2n) is 8.93. The summed E-state index contributed by atoms with van der Waals surface area (Å²) in [6.07, 6.45) is 5.89. The number of nitrogens with zero attached hydrogens (tertiary/aromatic N) is 1. The fourth-order valence-electron chi connectivity index (χ4n) is 3.89. The van der Waals surface area contributed by atoms with Crippen LogP contribution in [0.2, 0.25) is 0 Å². The van der Waals surface area contributed by atoms with Crippen molar-refractivity contribution >= 4 is 27.5 Å². The summed E-state index contributed by atoms with van der Waals surface area (Å²) in [5.74, 6) is 0.833. The van der Waals surface area contributed by atoms with E-state index in [-0.39, 0.29) is 17.5 Å². The molecule has 3 rings (SSSR count). The molecule has 0 heterocycles. The first-order chi connectivity index (χ1) is 16.7. The molecule has 1 saturated carbocycles. The molecule has 1 aliphatic carbocycles. The topological polar surface area (TPSA) is 111 Å². The van der Waals surface area contributed by atoms with Gasteiger partial charge in [0.2, 0.25) is 0 Å². The Hall–Kier alpha value is -3.13. The van der Waals surface area contributed by atoms with Crippen LogP contribution in [0.3, 0.4) is 0 Å². The van der Waals surface area contributed by atoms with Gasteiger partial charge in [0.15, 0.2) is 5.78 Å². The Morgan fingerprint density at radius 3 is 2.54 bits per heavy atom. The van der Waals surface area contributed by atoms with Crippen molar-refractivity contribution < 1.29 is 17.9 Å². The van der Waals surface area contributed by atoms with Crippen LogP contribution in [-0.4, -0.2) is 46.1 Å². The minimum Gasteiger partial charge on any atom is -0.497 e. The summed E-state index contributed by atoms with van der Waals surface area (Å²) >= 11 is 0. The average molecular weight is 498 g/mol. The molecule has 7 nitrogen and oxygen atoms in total. The number of ether oxygens (including phenoxy) is 1. The lowest BCUT2D eigenvalue weighted by Crippen LogP contribution is -2.26. The first-order valence-corrected chi connectivity index (χ1v) is 14.0. The lowest BCUT2D eigenvalue weighted by atomic mass is 9.95. The normalized spacial score (nSPS) is 15.5. The van der Waals surface area contributed by atoms with Gasteiger partial charge in [-0.3, -0.25) is 9.79 Å². The lowest BCUT2D eigenvalue weighted by Gasteiger charge is -2.22. The number of hydrogen-bond donors (Lipinski definition) is 2. The molecule has 35 heavy (non-hydrogen) atoms. The predicted molar refractivity (Wildman–Crippen MR) is 142 cm³/mol. The van der Waals surface area contributed by atoms with Crippen LogP contribution >= 0.6 is 0 Å². The maximum Gasteiger partial charge on any atom is 0.192 e. The molecule has 0 bridgehead atoms. The Kier molecular flexibility index (Phi) is 9.09. The number of rotatable bonds is 13. The smallest absolute Gasteiger partial charge is 0.192 e. The van der Waals surface area contributed by atoms with Gasteiger partial charge in [0.25, 0.3) is 0 Å². The molecule has 0 saturated heterocycles. The molecular weight excluding hydrogens is 462 g/mol. The number of hydrogen-bond acceptors (Lipinski definition) is 7. The van der Waals surface area contributed by atoms with Crippen LogP contribution in [0.4, 0.5) is 5.69 Å². The van der Waals surface area contributed by atoms with Crippen LogP contribution in [0.25, 0.3) is 0 Å². The second kappa shape index (κ2) is 12.0. The van der Waals surface area contributed by atoms with Gasteiger partial charge in [0, 0.05) is 36.5 Å². The van der Waals surface area contributed by atoms with Crippen LogP contribution in [0.1, 0.15) is 43.4 Å². The summed E-state index contributed by atoms with van der Waals surface area (Å²) in [7, 11) is -1.45. The molecule has 1 aliphatic rings. The zero-order valence-electron chi connectivity index (χ0n) is 20.7. The van der Waals surface area contributed by atoms with Crippen molar-refractivity contribution in [1.82, 2.24) is 0 Å². The van der Waals surface area contributed by atoms with E-state index in [0.29, 0.717) is 42.1 Å². The highest BCUT2D eigenvalue weighted by Gasteiger charge is 2.31. The summed E-state index contributed by atoms with van der Waals surface area (Å²) in [6.45, 7) is 2.48. The zero-order chi connectivity index (χ0) is 25.4. The number of carbonyl (C=O) groups is 1. The number of nitrogens with one attached hydrogen (secondary N) is 1. The monoisotopic (exact) mass is 497 g/mol. The fourth-order valence-corrected chi connectivity index (χ4v) is 4.56. The van der Waals surface area contributed by atoms with E-state index in [1.54, 1.807) is 13.3 Å². The first-order valence-electron chi connectivity index (χ1n) is 11.9. The van der Waals surface area contributed by atoms with E-state index in [0.717, 1.165) is 24.0 Å². The van der Waals surface area contributed by atoms with Crippen molar-refractivity contribution in [2.24, 2.45) is 16.6 Å². The third kappa shape index (κ3) is 7.96. The molecule has 1 atom stereocenters.